The van der Waals surface area contributed by atoms with Crippen LogP contribution in [0.5, 0.6) is 0 Å². The van der Waals surface area contributed by atoms with E-state index in [-0.39, 0.29) is 12.0 Å². The molecule has 1 aromatic heterocycles. The van der Waals surface area contributed by atoms with Crippen molar-refractivity contribution in [3.05, 3.63) is 18.2 Å². The Morgan fingerprint density at radius 1 is 1.46 bits per heavy atom. The Morgan fingerprint density at radius 2 is 2.29 bits per heavy atom. The van der Waals surface area contributed by atoms with E-state index in [2.05, 4.69) is 20.2 Å². The first-order chi connectivity index (χ1) is 11.4. The molecule has 1 unspecified atom stereocenters. The van der Waals surface area contributed by atoms with Crippen LogP contribution in [0.2, 0.25) is 0 Å². The number of likely N-dealkylation sites (tertiary alicyclic amines) is 1. The highest BCUT2D eigenvalue weighted by atomic mass is 19.4. The van der Waals surface area contributed by atoms with Crippen LogP contribution < -0.4 is 5.32 Å². The predicted molar refractivity (Wildman–Crippen MR) is 82.5 cm³/mol. The minimum absolute atomic E-state index is 0.201. The topological polar surface area (TPSA) is 54.7 Å². The van der Waals surface area contributed by atoms with Crippen molar-refractivity contribution in [1.29, 1.82) is 0 Å². The molecule has 0 bridgehead atoms. The number of aliphatic imine (C=N–C) groups is 1. The Hall–Kier alpha value is -1.77. The van der Waals surface area contributed by atoms with Gasteiger partial charge in [-0.3, -0.25) is 4.99 Å². The minimum Gasteiger partial charge on any atom is -0.381 e. The van der Waals surface area contributed by atoms with Crippen LogP contribution >= 0.6 is 0 Å². The second kappa shape index (κ2) is 6.62. The van der Waals surface area contributed by atoms with Gasteiger partial charge in [-0.15, -0.1) is 0 Å². The van der Waals surface area contributed by atoms with Crippen molar-refractivity contribution in [3.63, 3.8) is 0 Å². The number of nitrogens with zero attached hydrogens (tertiary/aromatic N) is 4. The number of imidazole rings is 1. The number of alkyl halides is 3. The molecule has 9 heteroatoms. The van der Waals surface area contributed by atoms with Gasteiger partial charge in [0, 0.05) is 44.6 Å². The fraction of sp³-hybridized carbons (Fsp3) is 0.733. The first-order valence-electron chi connectivity index (χ1n) is 8.01. The van der Waals surface area contributed by atoms with Crippen molar-refractivity contribution >= 4 is 5.96 Å². The van der Waals surface area contributed by atoms with Crippen molar-refractivity contribution in [2.24, 2.45) is 10.4 Å². The van der Waals surface area contributed by atoms with Gasteiger partial charge < -0.3 is 19.5 Å². The molecule has 1 atom stereocenters. The van der Waals surface area contributed by atoms with Gasteiger partial charge in [-0.25, -0.2) is 4.98 Å². The summed E-state index contributed by atoms with van der Waals surface area (Å²) in [5.41, 5.74) is 0.201. The van der Waals surface area contributed by atoms with E-state index in [1.54, 1.807) is 7.05 Å². The lowest BCUT2D eigenvalue weighted by Crippen LogP contribution is -2.41. The van der Waals surface area contributed by atoms with Crippen molar-refractivity contribution in [2.75, 3.05) is 33.4 Å². The molecule has 0 amide bonds. The molecule has 1 spiro atoms. The standard InChI is InChI=1S/C15H22F3N5O/c1-19-13(23-5-2-14(9-23)3-7-24-11-14)21-8-12-20-4-6-22(12)10-15(16,17)18/h4,6H,2-3,5,7-11H2,1H3,(H,19,21). The number of rotatable bonds is 3. The molecular weight excluding hydrogens is 323 g/mol. The Bertz CT molecular complexity index is 592. The summed E-state index contributed by atoms with van der Waals surface area (Å²) < 4.78 is 44.3. The molecular formula is C15H22F3N5O. The minimum atomic E-state index is -4.26. The Labute approximate surface area is 138 Å². The average Bonchev–Trinajstić information content (AvgIpc) is 3.23. The summed E-state index contributed by atoms with van der Waals surface area (Å²) in [4.78, 5) is 10.4. The van der Waals surface area contributed by atoms with E-state index in [4.69, 9.17) is 4.74 Å². The molecule has 6 nitrogen and oxygen atoms in total. The van der Waals surface area contributed by atoms with Gasteiger partial charge >= 0.3 is 6.18 Å². The lowest BCUT2D eigenvalue weighted by atomic mass is 9.87. The van der Waals surface area contributed by atoms with Gasteiger partial charge in [0.2, 0.25) is 0 Å². The largest absolute Gasteiger partial charge is 0.406 e. The van der Waals surface area contributed by atoms with Crippen LogP contribution in [0.15, 0.2) is 17.4 Å². The van der Waals surface area contributed by atoms with Crippen molar-refractivity contribution in [1.82, 2.24) is 19.8 Å². The van der Waals surface area contributed by atoms with Crippen LogP contribution in [0.4, 0.5) is 13.2 Å². The first-order valence-corrected chi connectivity index (χ1v) is 8.01. The highest BCUT2D eigenvalue weighted by molar-refractivity contribution is 5.80. The maximum Gasteiger partial charge on any atom is 0.406 e. The molecule has 0 aliphatic carbocycles. The van der Waals surface area contributed by atoms with Crippen molar-refractivity contribution in [3.8, 4) is 0 Å². The number of hydrogen-bond acceptors (Lipinski definition) is 3. The molecule has 0 saturated carbocycles. The predicted octanol–water partition coefficient (Wildman–Crippen LogP) is 1.63. The zero-order valence-corrected chi connectivity index (χ0v) is 13.6. The fourth-order valence-electron chi connectivity index (χ4n) is 3.42. The van der Waals surface area contributed by atoms with Gasteiger partial charge in [0.1, 0.15) is 12.4 Å². The maximum atomic E-state index is 12.6. The molecule has 0 radical (unpaired) electrons. The lowest BCUT2D eigenvalue weighted by Gasteiger charge is -2.25. The molecule has 2 fully saturated rings. The normalized spacial score (nSPS) is 25.0. The molecule has 2 aliphatic heterocycles. The van der Waals surface area contributed by atoms with Gasteiger partial charge in [0.15, 0.2) is 5.96 Å². The first kappa shape index (κ1) is 17.1. The number of guanidine groups is 1. The highest BCUT2D eigenvalue weighted by Gasteiger charge is 2.42. The molecule has 1 N–H and O–H groups in total. The molecule has 24 heavy (non-hydrogen) atoms. The SMILES string of the molecule is CN=C(NCc1nccn1CC(F)(F)F)N1CCC2(CCOC2)C1. The molecule has 134 valence electrons. The quantitative estimate of drug-likeness (QED) is 0.668. The van der Waals surface area contributed by atoms with E-state index in [1.807, 2.05) is 0 Å². The van der Waals surface area contributed by atoms with Gasteiger partial charge in [0.05, 0.1) is 13.2 Å². The lowest BCUT2D eigenvalue weighted by molar-refractivity contribution is -0.141. The fourth-order valence-corrected chi connectivity index (χ4v) is 3.42. The van der Waals surface area contributed by atoms with Gasteiger partial charge in [0.25, 0.3) is 0 Å². The summed E-state index contributed by atoms with van der Waals surface area (Å²) in [5.74, 6) is 1.03. The Balaban J connectivity index is 1.59. The second-order valence-corrected chi connectivity index (χ2v) is 6.46. The smallest absolute Gasteiger partial charge is 0.381 e. The summed E-state index contributed by atoms with van der Waals surface area (Å²) >= 11 is 0. The van der Waals surface area contributed by atoms with E-state index in [0.717, 1.165) is 43.7 Å². The van der Waals surface area contributed by atoms with Crippen LogP contribution in [0.1, 0.15) is 18.7 Å². The van der Waals surface area contributed by atoms with E-state index in [0.29, 0.717) is 11.8 Å². The third-order valence-corrected chi connectivity index (χ3v) is 4.69. The van der Waals surface area contributed by atoms with E-state index >= 15 is 0 Å². The summed E-state index contributed by atoms with van der Waals surface area (Å²) in [6.07, 6.45) is 0.564. The molecule has 2 saturated heterocycles. The number of aromatic nitrogens is 2. The summed E-state index contributed by atoms with van der Waals surface area (Å²) in [6, 6.07) is 0. The van der Waals surface area contributed by atoms with Gasteiger partial charge in [-0.2, -0.15) is 13.2 Å². The third-order valence-electron chi connectivity index (χ3n) is 4.69. The number of ether oxygens (including phenoxy) is 1. The van der Waals surface area contributed by atoms with E-state index in [1.165, 1.54) is 12.4 Å². The Morgan fingerprint density at radius 3 is 2.96 bits per heavy atom. The van der Waals surface area contributed by atoms with Crippen molar-refractivity contribution in [2.45, 2.75) is 32.1 Å². The second-order valence-electron chi connectivity index (χ2n) is 6.46. The number of nitrogens with one attached hydrogen (secondary N) is 1. The van der Waals surface area contributed by atoms with Crippen LogP contribution in [-0.2, 0) is 17.8 Å². The summed E-state index contributed by atoms with van der Waals surface area (Å²) in [7, 11) is 1.68. The monoisotopic (exact) mass is 345 g/mol. The maximum absolute atomic E-state index is 12.6. The summed E-state index contributed by atoms with van der Waals surface area (Å²) in [5, 5.41) is 3.13. The number of hydrogen-bond donors (Lipinski definition) is 1. The average molecular weight is 345 g/mol. The van der Waals surface area contributed by atoms with Crippen LogP contribution in [0.3, 0.4) is 0 Å². The van der Waals surface area contributed by atoms with Crippen LogP contribution in [-0.4, -0.2) is 59.9 Å². The number of halogens is 3. The van der Waals surface area contributed by atoms with E-state index < -0.39 is 12.7 Å². The van der Waals surface area contributed by atoms with E-state index in [9.17, 15) is 13.2 Å². The van der Waals surface area contributed by atoms with Gasteiger partial charge in [-0.05, 0) is 12.8 Å². The molecule has 2 aliphatic rings. The molecule has 1 aromatic rings. The molecule has 3 heterocycles. The third kappa shape index (κ3) is 3.82. The van der Waals surface area contributed by atoms with Crippen molar-refractivity contribution < 1.29 is 17.9 Å². The van der Waals surface area contributed by atoms with Crippen LogP contribution in [0.25, 0.3) is 0 Å². The highest BCUT2D eigenvalue weighted by Crippen LogP contribution is 2.38. The Kier molecular flexibility index (Phi) is 4.71. The zero-order valence-electron chi connectivity index (χ0n) is 13.6. The van der Waals surface area contributed by atoms with Crippen LogP contribution in [0, 0.1) is 5.41 Å². The zero-order chi connectivity index (χ0) is 17.2. The van der Waals surface area contributed by atoms with Gasteiger partial charge in [-0.1, -0.05) is 0 Å². The molecule has 3 rings (SSSR count). The summed E-state index contributed by atoms with van der Waals surface area (Å²) in [6.45, 7) is 2.48. The molecule has 0 aromatic carbocycles.